The number of nitrogens with one attached hydrogen (secondary N) is 1. The lowest BCUT2D eigenvalue weighted by atomic mass is 10.1. The number of nitriles is 1. The van der Waals surface area contributed by atoms with Crippen molar-refractivity contribution in [2.75, 3.05) is 5.75 Å². The highest BCUT2D eigenvalue weighted by molar-refractivity contribution is 8.00. The van der Waals surface area contributed by atoms with Crippen LogP contribution in [-0.2, 0) is 9.53 Å². The smallest absolute Gasteiger partial charge is 0.408 e. The molecule has 4 atom stereocenters. The number of carbonyl (C=O) groups excluding carboxylic acids is 2. The zero-order valence-electron chi connectivity index (χ0n) is 16.0. The Morgan fingerprint density at radius 2 is 1.92 bits per heavy atom. The van der Waals surface area contributed by atoms with Crippen LogP contribution in [-0.4, -0.2) is 51.1 Å². The second-order valence-electron chi connectivity index (χ2n) is 8.81. The fourth-order valence-corrected chi connectivity index (χ4v) is 3.92. The topological polar surface area (TPSA) is 82.4 Å². The van der Waals surface area contributed by atoms with Crippen LogP contribution >= 0.6 is 11.8 Å². The highest BCUT2D eigenvalue weighted by atomic mass is 32.2. The molecule has 25 heavy (non-hydrogen) atoms. The summed E-state index contributed by atoms with van der Waals surface area (Å²) in [6.45, 7) is 11.6. The van der Waals surface area contributed by atoms with Gasteiger partial charge in [0.25, 0.3) is 0 Å². The number of piperidine rings is 1. The van der Waals surface area contributed by atoms with E-state index in [0.717, 1.165) is 12.8 Å². The molecule has 1 saturated carbocycles. The number of nitrogens with zero attached hydrogens (tertiary/aromatic N) is 2. The first-order valence-corrected chi connectivity index (χ1v) is 9.75. The van der Waals surface area contributed by atoms with Gasteiger partial charge in [-0.15, -0.1) is 0 Å². The van der Waals surface area contributed by atoms with Gasteiger partial charge in [0, 0.05) is 16.5 Å². The van der Waals surface area contributed by atoms with Gasteiger partial charge in [0.2, 0.25) is 5.91 Å². The summed E-state index contributed by atoms with van der Waals surface area (Å²) in [6.07, 6.45) is 1.12. The van der Waals surface area contributed by atoms with Crippen molar-refractivity contribution in [1.82, 2.24) is 10.2 Å². The fourth-order valence-electron chi connectivity index (χ4n) is 3.03. The molecule has 0 spiro atoms. The van der Waals surface area contributed by atoms with Gasteiger partial charge in [-0.2, -0.15) is 17.0 Å². The van der Waals surface area contributed by atoms with Gasteiger partial charge in [-0.25, -0.2) is 4.79 Å². The zero-order chi connectivity index (χ0) is 19.0. The summed E-state index contributed by atoms with van der Waals surface area (Å²) in [5.41, 5.74) is -0.626. The van der Waals surface area contributed by atoms with Gasteiger partial charge in [-0.1, -0.05) is 20.8 Å². The van der Waals surface area contributed by atoms with Crippen LogP contribution in [0.25, 0.3) is 0 Å². The van der Waals surface area contributed by atoms with E-state index in [-0.39, 0.29) is 22.7 Å². The third-order valence-corrected chi connectivity index (χ3v) is 5.55. The summed E-state index contributed by atoms with van der Waals surface area (Å²) in [5.74, 6) is 0.735. The van der Waals surface area contributed by atoms with Crippen LogP contribution in [0.4, 0.5) is 4.79 Å². The van der Waals surface area contributed by atoms with Crippen molar-refractivity contribution in [2.24, 2.45) is 5.92 Å². The number of alkyl carbamates (subject to hydrolysis) is 1. The van der Waals surface area contributed by atoms with E-state index in [1.54, 1.807) is 37.4 Å². The minimum atomic E-state index is -0.686. The number of carbonyl (C=O) groups is 2. The standard InChI is InChI=1S/C18H29N3O3S/c1-17(2,3)24-16(23)20-13(10-25-18(4,5)6)15(22)21-12(9-19)7-11-8-14(11)21/h11-14H,7-8,10H2,1-6H3,(H,20,23)/t11-,12+,13+,14+/m1/s1. The summed E-state index contributed by atoms with van der Waals surface area (Å²) < 4.78 is 5.28. The molecule has 1 N–H and O–H groups in total. The summed E-state index contributed by atoms with van der Waals surface area (Å²) in [6, 6.07) is 1.33. The predicted octanol–water partition coefficient (Wildman–Crippen LogP) is 2.92. The van der Waals surface area contributed by atoms with Crippen molar-refractivity contribution in [3.8, 4) is 6.07 Å². The van der Waals surface area contributed by atoms with Crippen LogP contribution in [0.5, 0.6) is 0 Å². The van der Waals surface area contributed by atoms with Crippen molar-refractivity contribution in [3.63, 3.8) is 0 Å². The number of ether oxygens (including phenoxy) is 1. The molecule has 1 aliphatic carbocycles. The fraction of sp³-hybridized carbons (Fsp3) is 0.833. The summed E-state index contributed by atoms with van der Waals surface area (Å²) in [4.78, 5) is 26.9. The summed E-state index contributed by atoms with van der Waals surface area (Å²) in [7, 11) is 0. The molecule has 2 fully saturated rings. The molecule has 2 amide bonds. The quantitative estimate of drug-likeness (QED) is 0.826. The molecule has 1 heterocycles. The van der Waals surface area contributed by atoms with Gasteiger partial charge in [0.1, 0.15) is 17.7 Å². The zero-order valence-corrected chi connectivity index (χ0v) is 16.8. The molecule has 0 aromatic rings. The van der Waals surface area contributed by atoms with Crippen molar-refractivity contribution in [3.05, 3.63) is 0 Å². The monoisotopic (exact) mass is 367 g/mol. The third kappa shape index (κ3) is 5.53. The Morgan fingerprint density at radius 1 is 1.28 bits per heavy atom. The number of amides is 2. The van der Waals surface area contributed by atoms with Crippen LogP contribution in [0, 0.1) is 17.2 Å². The van der Waals surface area contributed by atoms with Crippen molar-refractivity contribution < 1.29 is 14.3 Å². The van der Waals surface area contributed by atoms with E-state index in [1.807, 2.05) is 0 Å². The van der Waals surface area contributed by atoms with E-state index in [1.165, 1.54) is 0 Å². The largest absolute Gasteiger partial charge is 0.444 e. The Hall–Kier alpha value is -1.42. The van der Waals surface area contributed by atoms with Crippen molar-refractivity contribution >= 4 is 23.8 Å². The Labute approximate surface area is 154 Å². The number of hydrogen-bond acceptors (Lipinski definition) is 5. The van der Waals surface area contributed by atoms with Gasteiger partial charge in [0.15, 0.2) is 0 Å². The lowest BCUT2D eigenvalue weighted by Gasteiger charge is -2.30. The van der Waals surface area contributed by atoms with Gasteiger partial charge in [-0.3, -0.25) is 4.79 Å². The summed E-state index contributed by atoms with van der Waals surface area (Å²) >= 11 is 1.61. The lowest BCUT2D eigenvalue weighted by Crippen LogP contribution is -2.53. The molecule has 6 nitrogen and oxygen atoms in total. The lowest BCUT2D eigenvalue weighted by molar-refractivity contribution is -0.133. The molecule has 0 bridgehead atoms. The van der Waals surface area contributed by atoms with Crippen molar-refractivity contribution in [1.29, 1.82) is 5.26 Å². The van der Waals surface area contributed by atoms with Crippen LogP contribution < -0.4 is 5.32 Å². The highest BCUT2D eigenvalue weighted by Crippen LogP contribution is 2.48. The molecule has 1 aliphatic heterocycles. The molecule has 2 aliphatic rings. The van der Waals surface area contributed by atoms with Gasteiger partial charge >= 0.3 is 6.09 Å². The van der Waals surface area contributed by atoms with Crippen LogP contribution in [0.15, 0.2) is 0 Å². The SMILES string of the molecule is CC(C)(C)OC(=O)N[C@@H](CSC(C)(C)C)C(=O)N1[C@H](C#N)C[C@@H]2C[C@@H]21. The van der Waals surface area contributed by atoms with E-state index in [0.29, 0.717) is 11.7 Å². The van der Waals surface area contributed by atoms with Gasteiger partial charge < -0.3 is 15.0 Å². The number of fused-ring (bicyclic) bond motifs is 1. The normalized spacial score (nSPS) is 26.4. The second-order valence-corrected chi connectivity index (χ2v) is 10.7. The Morgan fingerprint density at radius 3 is 2.44 bits per heavy atom. The first kappa shape index (κ1) is 19.9. The van der Waals surface area contributed by atoms with E-state index in [2.05, 4.69) is 32.2 Å². The number of thioether (sulfide) groups is 1. The maximum absolute atomic E-state index is 13.1. The molecule has 2 rings (SSSR count). The van der Waals surface area contributed by atoms with E-state index in [4.69, 9.17) is 4.74 Å². The molecular formula is C18H29N3O3S. The predicted molar refractivity (Wildman–Crippen MR) is 98.1 cm³/mol. The molecule has 0 aromatic carbocycles. The van der Waals surface area contributed by atoms with Gasteiger partial charge in [-0.05, 0) is 39.5 Å². The molecule has 0 aromatic heterocycles. The molecule has 140 valence electrons. The Bertz CT molecular complexity index is 574. The third-order valence-electron chi connectivity index (χ3n) is 4.18. The molecule has 7 heteroatoms. The molecule has 1 saturated heterocycles. The van der Waals surface area contributed by atoms with Crippen LogP contribution in [0.1, 0.15) is 54.4 Å². The first-order chi connectivity index (χ1) is 11.4. The van der Waals surface area contributed by atoms with Gasteiger partial charge in [0.05, 0.1) is 6.07 Å². The number of likely N-dealkylation sites (tertiary alicyclic amines) is 1. The molecular weight excluding hydrogens is 338 g/mol. The molecule has 0 unspecified atom stereocenters. The molecule has 0 radical (unpaired) electrons. The number of hydrogen-bond donors (Lipinski definition) is 1. The minimum Gasteiger partial charge on any atom is -0.444 e. The average Bonchev–Trinajstić information content (AvgIpc) is 3.10. The highest BCUT2D eigenvalue weighted by Gasteiger charge is 2.55. The van der Waals surface area contributed by atoms with E-state index >= 15 is 0 Å². The van der Waals surface area contributed by atoms with Crippen molar-refractivity contribution in [2.45, 2.75) is 82.9 Å². The minimum absolute atomic E-state index is 0.0318. The maximum Gasteiger partial charge on any atom is 0.408 e. The Balaban J connectivity index is 2.09. The number of rotatable bonds is 4. The van der Waals surface area contributed by atoms with E-state index < -0.39 is 17.7 Å². The Kier molecular flexibility index (Phi) is 5.62. The summed E-state index contributed by atoms with van der Waals surface area (Å²) in [5, 5.41) is 12.1. The average molecular weight is 368 g/mol. The first-order valence-electron chi connectivity index (χ1n) is 8.76. The van der Waals surface area contributed by atoms with Crippen LogP contribution in [0.3, 0.4) is 0 Å². The second kappa shape index (κ2) is 7.06. The maximum atomic E-state index is 13.1. The van der Waals surface area contributed by atoms with Crippen LogP contribution in [0.2, 0.25) is 0 Å². The van der Waals surface area contributed by atoms with E-state index in [9.17, 15) is 14.9 Å².